The molecular weight excluding hydrogens is 248 g/mol. The Balaban J connectivity index is 1.57. The number of pyridine rings is 1. The van der Waals surface area contributed by atoms with Crippen LogP contribution in [0.1, 0.15) is 31.4 Å². The maximum atomic E-state index is 4.82. The Morgan fingerprint density at radius 3 is 2.60 bits per heavy atom. The Morgan fingerprint density at radius 1 is 1.20 bits per heavy atom. The van der Waals surface area contributed by atoms with Crippen LogP contribution in [0.2, 0.25) is 0 Å². The highest BCUT2D eigenvalue weighted by atomic mass is 15.2. The highest BCUT2D eigenvalue weighted by Gasteiger charge is 2.22. The van der Waals surface area contributed by atoms with Gasteiger partial charge in [-0.3, -0.25) is 0 Å². The van der Waals surface area contributed by atoms with Gasteiger partial charge >= 0.3 is 0 Å². The minimum Gasteiger partial charge on any atom is -0.356 e. The molecule has 1 aromatic rings. The maximum Gasteiger partial charge on any atom is 0.128 e. The first kappa shape index (κ1) is 13.8. The predicted octanol–water partition coefficient (Wildman–Crippen LogP) is 1.86. The van der Waals surface area contributed by atoms with Crippen molar-refractivity contribution in [3.05, 3.63) is 23.9 Å². The van der Waals surface area contributed by atoms with Gasteiger partial charge in [0.05, 0.1) is 5.69 Å². The number of anilines is 1. The van der Waals surface area contributed by atoms with E-state index in [9.17, 15) is 0 Å². The van der Waals surface area contributed by atoms with Crippen molar-refractivity contribution >= 4 is 5.82 Å². The van der Waals surface area contributed by atoms with Crippen LogP contribution in [0.3, 0.4) is 0 Å². The quantitative estimate of drug-likeness (QED) is 0.888. The summed E-state index contributed by atoms with van der Waals surface area (Å²) in [5.74, 6) is 1.15. The van der Waals surface area contributed by atoms with Crippen LogP contribution in [0.5, 0.6) is 0 Å². The molecule has 0 bridgehead atoms. The van der Waals surface area contributed by atoms with E-state index in [2.05, 4.69) is 47.4 Å². The third-order valence-corrected chi connectivity index (χ3v) is 4.46. The molecule has 20 heavy (non-hydrogen) atoms. The summed E-state index contributed by atoms with van der Waals surface area (Å²) in [5, 5.41) is 3.54. The van der Waals surface area contributed by atoms with Crippen LogP contribution in [0.25, 0.3) is 0 Å². The summed E-state index contributed by atoms with van der Waals surface area (Å²) >= 11 is 0. The molecule has 4 nitrogen and oxygen atoms in total. The lowest BCUT2D eigenvalue weighted by atomic mass is 10.0. The standard InChI is InChI=1S/C16H26N4/c1-19(2)15-8-10-20(11-9-15)16-5-3-4-14(18-16)12-17-13-6-7-13/h3-5,13,15,17H,6-12H2,1-2H3. The monoisotopic (exact) mass is 274 g/mol. The predicted molar refractivity (Wildman–Crippen MR) is 83.0 cm³/mol. The summed E-state index contributed by atoms with van der Waals surface area (Å²) < 4.78 is 0. The zero-order valence-electron chi connectivity index (χ0n) is 12.7. The number of nitrogens with one attached hydrogen (secondary N) is 1. The molecule has 1 aliphatic heterocycles. The Morgan fingerprint density at radius 2 is 1.95 bits per heavy atom. The van der Waals surface area contributed by atoms with E-state index in [0.29, 0.717) is 0 Å². The summed E-state index contributed by atoms with van der Waals surface area (Å²) in [4.78, 5) is 9.60. The average Bonchev–Trinajstić information content (AvgIpc) is 3.30. The summed E-state index contributed by atoms with van der Waals surface area (Å²) in [5.41, 5.74) is 1.17. The maximum absolute atomic E-state index is 4.82. The number of nitrogens with zero attached hydrogens (tertiary/aromatic N) is 3. The van der Waals surface area contributed by atoms with Gasteiger partial charge in [-0.2, -0.15) is 0 Å². The van der Waals surface area contributed by atoms with Gasteiger partial charge in [0.1, 0.15) is 5.82 Å². The number of hydrogen-bond donors (Lipinski definition) is 1. The molecular formula is C16H26N4. The second kappa shape index (κ2) is 6.10. The largest absolute Gasteiger partial charge is 0.356 e. The number of hydrogen-bond acceptors (Lipinski definition) is 4. The molecule has 110 valence electrons. The highest BCUT2D eigenvalue weighted by molar-refractivity contribution is 5.39. The van der Waals surface area contributed by atoms with E-state index < -0.39 is 0 Å². The van der Waals surface area contributed by atoms with Crippen LogP contribution in [0.15, 0.2) is 18.2 Å². The SMILES string of the molecule is CN(C)C1CCN(c2cccc(CNC3CC3)n2)CC1. The smallest absolute Gasteiger partial charge is 0.128 e. The molecule has 4 heteroatoms. The van der Waals surface area contributed by atoms with Crippen LogP contribution in [-0.4, -0.2) is 49.2 Å². The summed E-state index contributed by atoms with van der Waals surface area (Å²) in [6, 6.07) is 7.90. The molecule has 1 aromatic heterocycles. The molecule has 1 saturated heterocycles. The molecule has 3 rings (SSSR count). The van der Waals surface area contributed by atoms with E-state index in [1.807, 2.05) is 0 Å². The molecule has 2 fully saturated rings. The lowest BCUT2D eigenvalue weighted by Crippen LogP contribution is -2.42. The van der Waals surface area contributed by atoms with Crippen LogP contribution in [0, 0.1) is 0 Å². The minimum atomic E-state index is 0.728. The second-order valence-corrected chi connectivity index (χ2v) is 6.32. The highest BCUT2D eigenvalue weighted by Crippen LogP contribution is 2.21. The zero-order chi connectivity index (χ0) is 13.9. The Hall–Kier alpha value is -1.13. The molecule has 0 unspecified atom stereocenters. The summed E-state index contributed by atoms with van der Waals surface area (Å²) in [6.07, 6.45) is 5.13. The third-order valence-electron chi connectivity index (χ3n) is 4.46. The van der Waals surface area contributed by atoms with Crippen molar-refractivity contribution in [2.24, 2.45) is 0 Å². The number of rotatable bonds is 5. The Bertz CT molecular complexity index is 434. The van der Waals surface area contributed by atoms with E-state index in [4.69, 9.17) is 4.98 Å². The van der Waals surface area contributed by atoms with Gasteiger partial charge in [-0.05, 0) is 51.9 Å². The molecule has 1 saturated carbocycles. The first-order valence-corrected chi connectivity index (χ1v) is 7.83. The first-order valence-electron chi connectivity index (χ1n) is 7.83. The number of aromatic nitrogens is 1. The molecule has 0 amide bonds. The van der Waals surface area contributed by atoms with E-state index in [1.54, 1.807) is 0 Å². The van der Waals surface area contributed by atoms with Gasteiger partial charge in [-0.1, -0.05) is 6.07 Å². The number of piperidine rings is 1. The topological polar surface area (TPSA) is 31.4 Å². The lowest BCUT2D eigenvalue weighted by Gasteiger charge is -2.35. The summed E-state index contributed by atoms with van der Waals surface area (Å²) in [6.45, 7) is 3.15. The van der Waals surface area contributed by atoms with Gasteiger partial charge in [-0.15, -0.1) is 0 Å². The van der Waals surface area contributed by atoms with Gasteiger partial charge in [0, 0.05) is 31.7 Å². The van der Waals surface area contributed by atoms with Crippen LogP contribution < -0.4 is 10.2 Å². The lowest BCUT2D eigenvalue weighted by molar-refractivity contribution is 0.249. The van der Waals surface area contributed by atoms with Crippen molar-refractivity contribution in [3.8, 4) is 0 Å². The third kappa shape index (κ3) is 3.49. The van der Waals surface area contributed by atoms with Crippen LogP contribution in [0.4, 0.5) is 5.82 Å². The molecule has 0 spiro atoms. The van der Waals surface area contributed by atoms with Crippen molar-refractivity contribution in [3.63, 3.8) is 0 Å². The van der Waals surface area contributed by atoms with Crippen molar-refractivity contribution in [1.82, 2.24) is 15.2 Å². The molecule has 0 aromatic carbocycles. The Labute approximate surface area is 122 Å². The minimum absolute atomic E-state index is 0.728. The fourth-order valence-electron chi connectivity index (χ4n) is 2.89. The molecule has 1 N–H and O–H groups in total. The van der Waals surface area contributed by atoms with Gasteiger partial charge in [0.15, 0.2) is 0 Å². The average molecular weight is 274 g/mol. The summed E-state index contributed by atoms with van der Waals surface area (Å²) in [7, 11) is 4.37. The van der Waals surface area contributed by atoms with Crippen molar-refractivity contribution in [1.29, 1.82) is 0 Å². The van der Waals surface area contributed by atoms with Crippen LogP contribution >= 0.6 is 0 Å². The molecule has 2 heterocycles. The van der Waals surface area contributed by atoms with Gasteiger partial charge in [0.2, 0.25) is 0 Å². The fourth-order valence-corrected chi connectivity index (χ4v) is 2.89. The van der Waals surface area contributed by atoms with E-state index in [-0.39, 0.29) is 0 Å². The van der Waals surface area contributed by atoms with Crippen molar-refractivity contribution in [2.45, 2.75) is 44.3 Å². The second-order valence-electron chi connectivity index (χ2n) is 6.32. The first-order chi connectivity index (χ1) is 9.72. The van der Waals surface area contributed by atoms with Gasteiger partial charge < -0.3 is 15.1 Å². The van der Waals surface area contributed by atoms with Crippen molar-refractivity contribution in [2.75, 3.05) is 32.1 Å². The zero-order valence-corrected chi connectivity index (χ0v) is 12.7. The molecule has 0 radical (unpaired) electrons. The fraction of sp³-hybridized carbons (Fsp3) is 0.688. The van der Waals surface area contributed by atoms with Gasteiger partial charge in [-0.25, -0.2) is 4.98 Å². The normalized spacial score (nSPS) is 20.6. The Kier molecular flexibility index (Phi) is 4.22. The molecule has 1 aliphatic carbocycles. The molecule has 0 atom stereocenters. The van der Waals surface area contributed by atoms with E-state index >= 15 is 0 Å². The van der Waals surface area contributed by atoms with E-state index in [0.717, 1.165) is 37.5 Å². The van der Waals surface area contributed by atoms with Crippen LogP contribution in [-0.2, 0) is 6.54 Å². The van der Waals surface area contributed by atoms with Gasteiger partial charge in [0.25, 0.3) is 0 Å². The van der Waals surface area contributed by atoms with Crippen molar-refractivity contribution < 1.29 is 0 Å². The van der Waals surface area contributed by atoms with E-state index in [1.165, 1.54) is 31.4 Å². The molecule has 2 aliphatic rings.